The van der Waals surface area contributed by atoms with Gasteiger partial charge in [-0.15, -0.1) is 0 Å². The molecule has 6 heteroatoms. The van der Waals surface area contributed by atoms with Crippen molar-refractivity contribution in [2.24, 2.45) is 0 Å². The summed E-state index contributed by atoms with van der Waals surface area (Å²) in [4.78, 5) is 0. The van der Waals surface area contributed by atoms with Crippen LogP contribution in [0.4, 0.5) is 0 Å². The van der Waals surface area contributed by atoms with Crippen LogP contribution in [0.25, 0.3) is 0 Å². The maximum Gasteiger partial charge on any atom is 0.397 e. The molecule has 2 unspecified atom stereocenters. The molecule has 0 saturated carbocycles. The van der Waals surface area contributed by atoms with E-state index < -0.39 is 8.60 Å². The average Bonchev–Trinajstić information content (AvgIpc) is 3.20. The predicted octanol–water partition coefficient (Wildman–Crippen LogP) is 17.4. The van der Waals surface area contributed by atoms with Crippen LogP contribution in [-0.2, 0) is 18.5 Å². The van der Waals surface area contributed by atoms with Crippen LogP contribution in [0, 0.1) is 0 Å². The lowest BCUT2D eigenvalue weighted by Gasteiger charge is -2.17. The van der Waals surface area contributed by atoms with Gasteiger partial charge in [0.25, 0.3) is 0 Å². The van der Waals surface area contributed by atoms with Crippen molar-refractivity contribution in [1.82, 2.24) is 0 Å². The molecule has 2 atom stereocenters. The van der Waals surface area contributed by atoms with E-state index in [1.165, 1.54) is 205 Å². The largest absolute Gasteiger partial charge is 0.427 e. The Kier molecular flexibility index (Phi) is 41.7. The summed E-state index contributed by atoms with van der Waals surface area (Å²) in [5.74, 6) is 0.824. The Bertz CT molecular complexity index is 822. The van der Waals surface area contributed by atoms with Gasteiger partial charge in [0.05, 0.1) is 25.4 Å². The number of benzene rings is 1. The van der Waals surface area contributed by atoms with Gasteiger partial charge in [-0.25, -0.2) is 0 Å². The minimum absolute atomic E-state index is 0.408. The molecule has 0 heterocycles. The van der Waals surface area contributed by atoms with E-state index in [4.69, 9.17) is 23.0 Å². The maximum absolute atomic E-state index is 6.14. The van der Waals surface area contributed by atoms with Crippen LogP contribution in [0.2, 0.25) is 0 Å². The Balaban J connectivity index is 1.98. The number of ether oxygens (including phenoxy) is 2. The normalized spacial score (nSPS) is 13.3. The van der Waals surface area contributed by atoms with Crippen molar-refractivity contribution in [3.8, 4) is 5.75 Å². The number of hydrogen-bond acceptors (Lipinski definition) is 5. The van der Waals surface area contributed by atoms with Crippen molar-refractivity contribution in [3.05, 3.63) is 30.3 Å². The van der Waals surface area contributed by atoms with E-state index in [2.05, 4.69) is 27.7 Å². The van der Waals surface area contributed by atoms with Crippen LogP contribution in [-0.4, -0.2) is 38.6 Å². The SMILES string of the molecule is CCCCCCCCCCCOC(C)CCCCCCCCCOP(OCCCCCCCCCC(C)OCCCCCCCCCCC)Oc1ccccc1. The highest BCUT2D eigenvalue weighted by atomic mass is 31.2. The summed E-state index contributed by atoms with van der Waals surface area (Å²) in [6.07, 6.45) is 45.5. The molecule has 1 rings (SSSR count). The molecule has 5 nitrogen and oxygen atoms in total. The molecule has 0 aliphatic heterocycles. The van der Waals surface area contributed by atoms with Gasteiger partial charge in [-0.1, -0.05) is 212 Å². The number of hydrogen-bond donors (Lipinski definition) is 0. The molecule has 0 spiro atoms. The van der Waals surface area contributed by atoms with E-state index in [9.17, 15) is 0 Å². The van der Waals surface area contributed by atoms with Crippen LogP contribution >= 0.6 is 8.60 Å². The third kappa shape index (κ3) is 38.8. The van der Waals surface area contributed by atoms with E-state index in [0.717, 1.165) is 31.8 Å². The smallest absolute Gasteiger partial charge is 0.397 e. The highest BCUT2D eigenvalue weighted by Crippen LogP contribution is 2.41. The molecule has 0 amide bonds. The van der Waals surface area contributed by atoms with Gasteiger partial charge in [-0.2, -0.15) is 0 Å². The standard InChI is InChI=1S/C50H95O5P/c1-5-7-9-11-13-15-21-27-36-44-51-48(3)40-32-25-19-17-23-29-38-46-53-56(55-50-42-34-31-35-43-50)54-47-39-30-24-18-20-26-33-41-49(4)52-45-37-28-22-16-14-12-10-8-6-2/h31,34-35,42-43,48-49H,5-30,32-33,36-41,44-47H2,1-4H3. The Morgan fingerprint density at radius 2 is 0.679 bits per heavy atom. The third-order valence-electron chi connectivity index (χ3n) is 11.1. The molecule has 0 aromatic heterocycles. The Hall–Kier alpha value is -0.710. The highest BCUT2D eigenvalue weighted by Gasteiger charge is 2.15. The van der Waals surface area contributed by atoms with Gasteiger partial charge in [-0.3, -0.25) is 0 Å². The molecule has 0 bridgehead atoms. The lowest BCUT2D eigenvalue weighted by Crippen LogP contribution is -2.09. The van der Waals surface area contributed by atoms with E-state index in [-0.39, 0.29) is 0 Å². The maximum atomic E-state index is 6.14. The van der Waals surface area contributed by atoms with Gasteiger partial charge in [0.15, 0.2) is 0 Å². The summed E-state index contributed by atoms with van der Waals surface area (Å²) >= 11 is 0. The molecule has 0 saturated heterocycles. The zero-order valence-electron chi connectivity index (χ0n) is 37.9. The molecule has 0 aliphatic carbocycles. The second kappa shape index (κ2) is 43.9. The van der Waals surface area contributed by atoms with Crippen molar-refractivity contribution < 1.29 is 23.0 Å². The fourth-order valence-corrected chi connectivity index (χ4v) is 8.36. The van der Waals surface area contributed by atoms with Crippen LogP contribution in [0.15, 0.2) is 30.3 Å². The lowest BCUT2D eigenvalue weighted by molar-refractivity contribution is 0.0555. The molecule has 56 heavy (non-hydrogen) atoms. The third-order valence-corrected chi connectivity index (χ3v) is 12.3. The van der Waals surface area contributed by atoms with E-state index in [0.29, 0.717) is 25.4 Å². The Labute approximate surface area is 351 Å². The fraction of sp³-hybridized carbons (Fsp3) is 0.880. The second-order valence-corrected chi connectivity index (χ2v) is 18.0. The first-order valence-electron chi connectivity index (χ1n) is 24.7. The van der Waals surface area contributed by atoms with Gasteiger partial charge in [0.2, 0.25) is 0 Å². The molecule has 0 fully saturated rings. The van der Waals surface area contributed by atoms with Crippen LogP contribution in [0.3, 0.4) is 0 Å². The van der Waals surface area contributed by atoms with Crippen LogP contribution in [0.1, 0.15) is 246 Å². The first-order valence-corrected chi connectivity index (χ1v) is 25.8. The predicted molar refractivity (Wildman–Crippen MR) is 245 cm³/mol. The van der Waals surface area contributed by atoms with Gasteiger partial charge in [0.1, 0.15) is 5.75 Å². The zero-order valence-corrected chi connectivity index (χ0v) is 38.8. The van der Waals surface area contributed by atoms with E-state index in [1.807, 2.05) is 30.3 Å². The molecule has 0 radical (unpaired) electrons. The molecule has 1 aromatic rings. The Morgan fingerprint density at radius 1 is 0.375 bits per heavy atom. The van der Waals surface area contributed by atoms with E-state index in [1.54, 1.807) is 0 Å². The lowest BCUT2D eigenvalue weighted by atomic mass is 10.1. The monoisotopic (exact) mass is 807 g/mol. The van der Waals surface area contributed by atoms with E-state index >= 15 is 0 Å². The summed E-state index contributed by atoms with van der Waals surface area (Å²) in [7, 11) is -1.36. The zero-order chi connectivity index (χ0) is 40.3. The summed E-state index contributed by atoms with van der Waals surface area (Å²) < 4.78 is 30.6. The number of rotatable bonds is 46. The van der Waals surface area contributed by atoms with Crippen LogP contribution in [0.5, 0.6) is 5.75 Å². The first kappa shape index (κ1) is 53.3. The summed E-state index contributed by atoms with van der Waals surface area (Å²) in [6, 6.07) is 9.98. The summed E-state index contributed by atoms with van der Waals surface area (Å²) in [5.41, 5.74) is 0. The minimum Gasteiger partial charge on any atom is -0.427 e. The molecular weight excluding hydrogens is 712 g/mol. The molecule has 0 aliphatic rings. The molecular formula is C50H95O5P. The average molecular weight is 807 g/mol. The molecule has 0 N–H and O–H groups in total. The van der Waals surface area contributed by atoms with Crippen molar-refractivity contribution in [2.45, 2.75) is 258 Å². The quantitative estimate of drug-likeness (QED) is 0.0485. The van der Waals surface area contributed by atoms with Gasteiger partial charge in [0, 0.05) is 13.2 Å². The van der Waals surface area contributed by atoms with Gasteiger partial charge < -0.3 is 23.0 Å². The van der Waals surface area contributed by atoms with Gasteiger partial charge in [-0.05, 0) is 64.5 Å². The van der Waals surface area contributed by atoms with Crippen molar-refractivity contribution in [2.75, 3.05) is 26.4 Å². The molecule has 1 aromatic carbocycles. The van der Waals surface area contributed by atoms with Crippen molar-refractivity contribution in [1.29, 1.82) is 0 Å². The Morgan fingerprint density at radius 3 is 1.04 bits per heavy atom. The number of para-hydroxylation sites is 1. The summed E-state index contributed by atoms with van der Waals surface area (Å²) in [5, 5.41) is 0. The van der Waals surface area contributed by atoms with Gasteiger partial charge >= 0.3 is 8.60 Å². The van der Waals surface area contributed by atoms with Crippen molar-refractivity contribution >= 4 is 8.60 Å². The minimum atomic E-state index is -1.36. The second-order valence-electron chi connectivity index (χ2n) is 16.8. The van der Waals surface area contributed by atoms with Crippen LogP contribution < -0.4 is 4.52 Å². The molecule has 330 valence electrons. The number of unbranched alkanes of at least 4 members (excludes halogenated alkanes) is 28. The highest BCUT2D eigenvalue weighted by molar-refractivity contribution is 7.42. The topological polar surface area (TPSA) is 46.2 Å². The fourth-order valence-electron chi connectivity index (χ4n) is 7.33. The first-order chi connectivity index (χ1) is 27.7. The van der Waals surface area contributed by atoms with Crippen molar-refractivity contribution in [3.63, 3.8) is 0 Å². The summed E-state index contributed by atoms with van der Waals surface area (Å²) in [6.45, 7) is 12.4.